The molecule has 1 aliphatic rings. The van der Waals surface area contributed by atoms with Crippen molar-refractivity contribution in [2.24, 2.45) is 5.92 Å². The van der Waals surface area contributed by atoms with Crippen LogP contribution in [-0.4, -0.2) is 25.7 Å². The van der Waals surface area contributed by atoms with Crippen molar-refractivity contribution in [3.05, 3.63) is 50.8 Å². The summed E-state index contributed by atoms with van der Waals surface area (Å²) in [5.74, 6) is -0.494. The van der Waals surface area contributed by atoms with E-state index in [2.05, 4.69) is 5.32 Å². The van der Waals surface area contributed by atoms with E-state index >= 15 is 0 Å². The smallest absolute Gasteiger partial charge is 0.310 e. The summed E-state index contributed by atoms with van der Waals surface area (Å²) in [6.07, 6.45) is 1.53. The lowest BCUT2D eigenvalue weighted by Crippen LogP contribution is -2.47. The van der Waals surface area contributed by atoms with Gasteiger partial charge in [0, 0.05) is 18.8 Å². The summed E-state index contributed by atoms with van der Waals surface area (Å²) >= 11 is 0. The predicted molar refractivity (Wildman–Crippen MR) is 92.6 cm³/mol. The number of hydrogen-bond donors (Lipinski definition) is 1. The Morgan fingerprint density at radius 2 is 2.00 bits per heavy atom. The monoisotopic (exact) mass is 328 g/mol. The second-order valence-electron chi connectivity index (χ2n) is 5.91. The third-order valence-corrected chi connectivity index (χ3v) is 4.29. The first-order chi connectivity index (χ1) is 11.6. The average Bonchev–Trinajstić information content (AvgIpc) is 2.62. The minimum absolute atomic E-state index is 0.238. The summed E-state index contributed by atoms with van der Waals surface area (Å²) in [5, 5.41) is 3.03. The van der Waals surface area contributed by atoms with Gasteiger partial charge in [0.2, 0.25) is 0 Å². The summed E-state index contributed by atoms with van der Waals surface area (Å²) in [7, 11) is 0. The summed E-state index contributed by atoms with van der Waals surface area (Å²) in [5.41, 5.74) is 0.461. The summed E-state index contributed by atoms with van der Waals surface area (Å²) in [4.78, 5) is 37.8. The first-order valence-corrected chi connectivity index (χ1v) is 8.18. The molecule has 126 valence electrons. The van der Waals surface area contributed by atoms with Gasteiger partial charge >= 0.3 is 5.97 Å². The number of benzene rings is 1. The number of nitrogens with zero attached hydrogens (tertiary/aromatic N) is 1. The van der Waals surface area contributed by atoms with Gasteiger partial charge in [-0.3, -0.25) is 14.4 Å². The molecule has 2 aromatic rings. The lowest BCUT2D eigenvalue weighted by atomic mass is 9.96. The molecular weight excluding hydrogens is 308 g/mol. The van der Waals surface area contributed by atoms with Crippen molar-refractivity contribution in [2.75, 3.05) is 29.9 Å². The summed E-state index contributed by atoms with van der Waals surface area (Å²) in [6, 6.07) is 9.25. The zero-order valence-corrected chi connectivity index (χ0v) is 13.6. The molecule has 3 rings (SSSR count). The lowest BCUT2D eigenvalue weighted by Gasteiger charge is -2.34. The first kappa shape index (κ1) is 16.2. The van der Waals surface area contributed by atoms with Crippen LogP contribution in [-0.2, 0) is 9.53 Å². The summed E-state index contributed by atoms with van der Waals surface area (Å²) < 4.78 is 5.08. The van der Waals surface area contributed by atoms with E-state index in [9.17, 15) is 14.4 Å². The normalized spacial score (nSPS) is 17.7. The van der Waals surface area contributed by atoms with Crippen molar-refractivity contribution in [1.82, 2.24) is 0 Å². The van der Waals surface area contributed by atoms with E-state index in [0.717, 1.165) is 18.5 Å². The van der Waals surface area contributed by atoms with Crippen LogP contribution in [0, 0.1) is 5.92 Å². The molecule has 1 N–H and O–H groups in total. The van der Waals surface area contributed by atoms with Gasteiger partial charge in [0.25, 0.3) is 10.9 Å². The van der Waals surface area contributed by atoms with Crippen LogP contribution >= 0.6 is 0 Å². The quantitative estimate of drug-likeness (QED) is 0.666. The van der Waals surface area contributed by atoms with Crippen molar-refractivity contribution in [2.45, 2.75) is 19.8 Å². The third kappa shape index (κ3) is 3.04. The van der Waals surface area contributed by atoms with E-state index in [-0.39, 0.29) is 11.9 Å². The minimum atomic E-state index is -0.507. The highest BCUT2D eigenvalue weighted by atomic mass is 16.5. The van der Waals surface area contributed by atoms with Gasteiger partial charge in [0.05, 0.1) is 12.5 Å². The molecule has 1 atom stereocenters. The summed E-state index contributed by atoms with van der Waals surface area (Å²) in [6.45, 7) is 3.19. The Morgan fingerprint density at radius 3 is 2.71 bits per heavy atom. The van der Waals surface area contributed by atoms with Crippen LogP contribution in [0.4, 0.5) is 17.1 Å². The number of piperidine rings is 1. The molecule has 0 spiro atoms. The second kappa shape index (κ2) is 6.86. The molecule has 0 amide bonds. The number of carbonyl (C=O) groups is 1. The van der Waals surface area contributed by atoms with Crippen molar-refractivity contribution < 1.29 is 9.53 Å². The van der Waals surface area contributed by atoms with Gasteiger partial charge in [-0.2, -0.15) is 0 Å². The fraction of sp³-hybridized carbons (Fsp3) is 0.389. The van der Waals surface area contributed by atoms with Gasteiger partial charge in [-0.1, -0.05) is 18.2 Å². The zero-order chi connectivity index (χ0) is 17.1. The largest absolute Gasteiger partial charge is 0.466 e. The van der Waals surface area contributed by atoms with Crippen LogP contribution in [0.2, 0.25) is 0 Å². The molecule has 0 aromatic heterocycles. The maximum absolute atomic E-state index is 12.1. The number of rotatable bonds is 5. The van der Waals surface area contributed by atoms with Crippen LogP contribution in [0.1, 0.15) is 19.8 Å². The molecule has 1 unspecified atom stereocenters. The third-order valence-electron chi connectivity index (χ3n) is 4.29. The van der Waals surface area contributed by atoms with Gasteiger partial charge in [0.15, 0.2) is 0 Å². The van der Waals surface area contributed by atoms with Crippen LogP contribution in [0.5, 0.6) is 0 Å². The topological polar surface area (TPSA) is 75.7 Å². The molecule has 6 heteroatoms. The minimum Gasteiger partial charge on any atom is -0.466 e. The molecule has 1 aliphatic heterocycles. The average molecular weight is 328 g/mol. The second-order valence-corrected chi connectivity index (χ2v) is 5.91. The predicted octanol–water partition coefficient (Wildman–Crippen LogP) is 1.81. The van der Waals surface area contributed by atoms with E-state index in [1.165, 1.54) is 0 Å². The molecule has 0 bridgehead atoms. The Kier molecular flexibility index (Phi) is 4.64. The lowest BCUT2D eigenvalue weighted by molar-refractivity contribution is -0.148. The number of anilines is 3. The van der Waals surface area contributed by atoms with E-state index in [1.807, 2.05) is 35.2 Å². The van der Waals surface area contributed by atoms with E-state index in [1.54, 1.807) is 6.92 Å². The van der Waals surface area contributed by atoms with Gasteiger partial charge in [-0.05, 0) is 31.9 Å². The van der Waals surface area contributed by atoms with Gasteiger partial charge in [-0.25, -0.2) is 0 Å². The Bertz CT molecular complexity index is 793. The molecule has 1 heterocycles. The highest BCUT2D eigenvalue weighted by molar-refractivity contribution is 5.81. The Labute approximate surface area is 139 Å². The molecule has 24 heavy (non-hydrogen) atoms. The standard InChI is InChI=1S/C18H20N2O4/c1-2-24-18(23)12-7-6-10-20(11-12)15-14(16(21)17(15)22)19-13-8-4-3-5-9-13/h3-5,8-9,12,19H,2,6-7,10-11H2,1H3. The Balaban J connectivity index is 1.80. The van der Waals surface area contributed by atoms with Gasteiger partial charge in [0.1, 0.15) is 11.4 Å². The first-order valence-electron chi connectivity index (χ1n) is 8.18. The Hall–Kier alpha value is -2.63. The van der Waals surface area contributed by atoms with Crippen molar-refractivity contribution >= 4 is 23.0 Å². The molecule has 1 saturated heterocycles. The fourth-order valence-electron chi connectivity index (χ4n) is 3.10. The highest BCUT2D eigenvalue weighted by Gasteiger charge is 2.32. The molecule has 0 radical (unpaired) electrons. The highest BCUT2D eigenvalue weighted by Crippen LogP contribution is 2.28. The van der Waals surface area contributed by atoms with Gasteiger partial charge < -0.3 is 15.0 Å². The zero-order valence-electron chi connectivity index (χ0n) is 13.6. The number of para-hydroxylation sites is 1. The molecule has 0 aliphatic carbocycles. The van der Waals surface area contributed by atoms with E-state index in [0.29, 0.717) is 31.1 Å². The van der Waals surface area contributed by atoms with Crippen LogP contribution in [0.3, 0.4) is 0 Å². The maximum Gasteiger partial charge on any atom is 0.310 e. The van der Waals surface area contributed by atoms with E-state index < -0.39 is 10.9 Å². The number of esters is 1. The van der Waals surface area contributed by atoms with Crippen LogP contribution in [0.25, 0.3) is 0 Å². The van der Waals surface area contributed by atoms with Gasteiger partial charge in [-0.15, -0.1) is 0 Å². The van der Waals surface area contributed by atoms with Crippen LogP contribution in [0.15, 0.2) is 39.9 Å². The number of ether oxygens (including phenoxy) is 1. The number of nitrogens with one attached hydrogen (secondary N) is 1. The number of hydrogen-bond acceptors (Lipinski definition) is 6. The molecule has 1 fully saturated rings. The number of carbonyl (C=O) groups excluding carboxylic acids is 1. The van der Waals surface area contributed by atoms with Crippen molar-refractivity contribution in [3.63, 3.8) is 0 Å². The Morgan fingerprint density at radius 1 is 1.25 bits per heavy atom. The van der Waals surface area contributed by atoms with Crippen molar-refractivity contribution in [3.8, 4) is 0 Å². The SMILES string of the molecule is CCOC(=O)C1CCCN(c2c(Nc3ccccc3)c(=O)c2=O)C1. The molecular formula is C18H20N2O4. The van der Waals surface area contributed by atoms with Crippen LogP contribution < -0.4 is 21.1 Å². The molecule has 6 nitrogen and oxygen atoms in total. The van der Waals surface area contributed by atoms with Crippen molar-refractivity contribution in [1.29, 1.82) is 0 Å². The molecule has 2 aromatic carbocycles. The maximum atomic E-state index is 12.1. The molecule has 0 saturated carbocycles. The fourth-order valence-corrected chi connectivity index (χ4v) is 3.10. The van der Waals surface area contributed by atoms with E-state index in [4.69, 9.17) is 4.74 Å².